The van der Waals surface area contributed by atoms with Crippen LogP contribution < -0.4 is 4.90 Å². The SMILES string of the molecule is CO[Si](CCCN(c1ccccc1)c1cc(O)ccc1O)(OC)OC. The Morgan fingerprint density at radius 3 is 2.16 bits per heavy atom. The van der Waals surface area contributed by atoms with Gasteiger partial charge in [0.1, 0.15) is 11.5 Å². The lowest BCUT2D eigenvalue weighted by Gasteiger charge is -2.28. The second-order valence-corrected chi connectivity index (χ2v) is 8.65. The van der Waals surface area contributed by atoms with E-state index < -0.39 is 8.80 Å². The number of benzene rings is 2. The number of para-hydroxylation sites is 1. The van der Waals surface area contributed by atoms with Crippen LogP contribution in [0.5, 0.6) is 11.5 Å². The molecule has 0 aromatic heterocycles. The van der Waals surface area contributed by atoms with Crippen molar-refractivity contribution in [1.82, 2.24) is 0 Å². The number of nitrogens with zero attached hydrogens (tertiary/aromatic N) is 1. The zero-order valence-electron chi connectivity index (χ0n) is 14.8. The minimum atomic E-state index is -2.65. The molecule has 0 amide bonds. The van der Waals surface area contributed by atoms with Gasteiger partial charge in [0, 0.05) is 45.7 Å². The first-order valence-corrected chi connectivity index (χ1v) is 9.98. The predicted molar refractivity (Wildman–Crippen MR) is 99.4 cm³/mol. The topological polar surface area (TPSA) is 71.4 Å². The molecule has 0 aliphatic rings. The van der Waals surface area contributed by atoms with E-state index in [4.69, 9.17) is 13.3 Å². The molecule has 136 valence electrons. The fraction of sp³-hybridized carbons (Fsp3) is 0.333. The van der Waals surface area contributed by atoms with Gasteiger partial charge in [-0.2, -0.15) is 0 Å². The number of aromatic hydroxyl groups is 2. The minimum Gasteiger partial charge on any atom is -0.508 e. The molecule has 0 saturated heterocycles. The van der Waals surface area contributed by atoms with E-state index in [2.05, 4.69) is 0 Å². The van der Waals surface area contributed by atoms with Gasteiger partial charge in [0.2, 0.25) is 0 Å². The number of rotatable bonds is 9. The van der Waals surface area contributed by atoms with Gasteiger partial charge in [-0.15, -0.1) is 0 Å². The molecule has 0 bridgehead atoms. The average molecular weight is 363 g/mol. The molecule has 0 radical (unpaired) electrons. The summed E-state index contributed by atoms with van der Waals surface area (Å²) in [6, 6.07) is 14.8. The van der Waals surface area contributed by atoms with E-state index in [0.717, 1.165) is 12.1 Å². The molecule has 7 heteroatoms. The second-order valence-electron chi connectivity index (χ2n) is 5.56. The Balaban J connectivity index is 2.23. The summed E-state index contributed by atoms with van der Waals surface area (Å²) in [5.41, 5.74) is 1.47. The van der Waals surface area contributed by atoms with Crippen molar-refractivity contribution in [1.29, 1.82) is 0 Å². The van der Waals surface area contributed by atoms with Gasteiger partial charge in [0.25, 0.3) is 0 Å². The van der Waals surface area contributed by atoms with E-state index in [1.54, 1.807) is 27.4 Å². The van der Waals surface area contributed by atoms with Crippen molar-refractivity contribution in [2.75, 3.05) is 32.8 Å². The molecule has 2 N–H and O–H groups in total. The van der Waals surface area contributed by atoms with Gasteiger partial charge in [-0.25, -0.2) is 0 Å². The Bertz CT molecular complexity index is 656. The Morgan fingerprint density at radius 1 is 0.920 bits per heavy atom. The highest BCUT2D eigenvalue weighted by Gasteiger charge is 2.37. The summed E-state index contributed by atoms with van der Waals surface area (Å²) in [6.45, 7) is 0.603. The van der Waals surface area contributed by atoms with Crippen molar-refractivity contribution in [2.24, 2.45) is 0 Å². The lowest BCUT2D eigenvalue weighted by Crippen LogP contribution is -2.43. The van der Waals surface area contributed by atoms with Crippen molar-refractivity contribution in [3.8, 4) is 11.5 Å². The van der Waals surface area contributed by atoms with E-state index in [-0.39, 0.29) is 11.5 Å². The fourth-order valence-corrected chi connectivity index (χ4v) is 4.44. The molecule has 0 unspecified atom stereocenters. The van der Waals surface area contributed by atoms with Gasteiger partial charge in [-0.05, 0) is 30.7 Å². The summed E-state index contributed by atoms with van der Waals surface area (Å²) in [6.07, 6.45) is 0.728. The van der Waals surface area contributed by atoms with Crippen LogP contribution in [0.2, 0.25) is 6.04 Å². The van der Waals surface area contributed by atoms with Gasteiger partial charge in [-0.1, -0.05) is 18.2 Å². The highest BCUT2D eigenvalue weighted by atomic mass is 28.4. The smallest absolute Gasteiger partial charge is 0.500 e. The van der Waals surface area contributed by atoms with E-state index >= 15 is 0 Å². The van der Waals surface area contributed by atoms with E-state index in [9.17, 15) is 10.2 Å². The highest BCUT2D eigenvalue weighted by molar-refractivity contribution is 6.60. The predicted octanol–water partition coefficient (Wildman–Crippen LogP) is 3.50. The van der Waals surface area contributed by atoms with Crippen LogP contribution in [0.3, 0.4) is 0 Å². The largest absolute Gasteiger partial charge is 0.508 e. The lowest BCUT2D eigenvalue weighted by molar-refractivity contribution is 0.123. The van der Waals surface area contributed by atoms with Crippen LogP contribution in [0.25, 0.3) is 0 Å². The minimum absolute atomic E-state index is 0.100. The third-order valence-corrected chi connectivity index (χ3v) is 6.95. The summed E-state index contributed by atoms with van der Waals surface area (Å²) in [4.78, 5) is 1.95. The lowest BCUT2D eigenvalue weighted by atomic mass is 10.2. The summed E-state index contributed by atoms with van der Waals surface area (Å²) < 4.78 is 16.4. The van der Waals surface area contributed by atoms with E-state index in [1.807, 2.05) is 35.2 Å². The molecule has 0 saturated carbocycles. The molecule has 0 aliphatic carbocycles. The van der Waals surface area contributed by atoms with Crippen molar-refractivity contribution < 1.29 is 23.5 Å². The molecule has 2 aromatic rings. The first-order valence-electron chi connectivity index (χ1n) is 8.05. The molecule has 2 aromatic carbocycles. The Morgan fingerprint density at radius 2 is 1.56 bits per heavy atom. The fourth-order valence-electron chi connectivity index (χ4n) is 2.73. The van der Waals surface area contributed by atoms with Crippen LogP contribution in [0.4, 0.5) is 11.4 Å². The molecule has 0 spiro atoms. The molecule has 25 heavy (non-hydrogen) atoms. The van der Waals surface area contributed by atoms with Crippen molar-refractivity contribution in [3.63, 3.8) is 0 Å². The second kappa shape index (κ2) is 8.86. The van der Waals surface area contributed by atoms with Gasteiger partial charge in [0.15, 0.2) is 0 Å². The Hall–Kier alpha value is -2.06. The van der Waals surface area contributed by atoms with Gasteiger partial charge in [-0.3, -0.25) is 0 Å². The van der Waals surface area contributed by atoms with Crippen LogP contribution >= 0.6 is 0 Å². The molecular weight excluding hydrogens is 338 g/mol. The summed E-state index contributed by atoms with van der Waals surface area (Å²) in [7, 11) is 2.13. The zero-order chi connectivity index (χ0) is 18.3. The van der Waals surface area contributed by atoms with E-state index in [1.165, 1.54) is 12.1 Å². The number of phenolic OH excluding ortho intramolecular Hbond substituents is 2. The third-order valence-electron chi connectivity index (χ3n) is 4.12. The highest BCUT2D eigenvalue weighted by Crippen LogP contribution is 2.36. The number of phenols is 2. The average Bonchev–Trinajstić information content (AvgIpc) is 2.65. The molecule has 2 rings (SSSR count). The normalized spacial score (nSPS) is 11.5. The van der Waals surface area contributed by atoms with Crippen LogP contribution in [0, 0.1) is 0 Å². The van der Waals surface area contributed by atoms with Crippen LogP contribution in [-0.2, 0) is 13.3 Å². The molecule has 6 nitrogen and oxygen atoms in total. The Labute approximate surface area is 149 Å². The quantitative estimate of drug-likeness (QED) is 0.525. The number of hydrogen-bond donors (Lipinski definition) is 2. The van der Waals surface area contributed by atoms with Crippen LogP contribution in [0.15, 0.2) is 48.5 Å². The maximum Gasteiger partial charge on any atom is 0.500 e. The first-order chi connectivity index (χ1) is 12.0. The maximum absolute atomic E-state index is 10.2. The summed E-state index contributed by atoms with van der Waals surface area (Å²) >= 11 is 0. The monoisotopic (exact) mass is 363 g/mol. The Kier molecular flexibility index (Phi) is 6.83. The summed E-state index contributed by atoms with van der Waals surface area (Å²) in [5.74, 6) is 0.207. The van der Waals surface area contributed by atoms with Crippen LogP contribution in [-0.4, -0.2) is 46.9 Å². The summed E-state index contributed by atoms with van der Waals surface area (Å²) in [5, 5.41) is 20.1. The molecule has 0 atom stereocenters. The van der Waals surface area contributed by atoms with Crippen molar-refractivity contribution in [3.05, 3.63) is 48.5 Å². The van der Waals surface area contributed by atoms with Gasteiger partial charge >= 0.3 is 8.80 Å². The standard InChI is InChI=1S/C18H25NO5Si/c1-22-25(23-2,24-3)13-7-12-19(15-8-5-4-6-9-15)17-14-16(20)10-11-18(17)21/h4-6,8-11,14,20-21H,7,12-13H2,1-3H3. The van der Waals surface area contributed by atoms with Crippen LogP contribution in [0.1, 0.15) is 6.42 Å². The number of anilines is 2. The third kappa shape index (κ3) is 4.73. The van der Waals surface area contributed by atoms with Crippen molar-refractivity contribution >= 4 is 20.2 Å². The molecule has 0 heterocycles. The number of hydrogen-bond acceptors (Lipinski definition) is 6. The van der Waals surface area contributed by atoms with Crippen molar-refractivity contribution in [2.45, 2.75) is 12.5 Å². The molecule has 0 aliphatic heterocycles. The first kappa shape index (κ1) is 19.3. The van der Waals surface area contributed by atoms with E-state index in [0.29, 0.717) is 18.3 Å². The molecule has 0 fully saturated rings. The van der Waals surface area contributed by atoms with Gasteiger partial charge in [0.05, 0.1) is 5.69 Å². The maximum atomic E-state index is 10.2. The molecular formula is C18H25NO5Si. The van der Waals surface area contributed by atoms with Gasteiger partial charge < -0.3 is 28.4 Å². The zero-order valence-corrected chi connectivity index (χ0v) is 15.8.